The lowest BCUT2D eigenvalue weighted by Crippen LogP contribution is -2.28. The Morgan fingerprint density at radius 1 is 1.43 bits per heavy atom. The quantitative estimate of drug-likeness (QED) is 0.582. The Balaban J connectivity index is 2.75. The molecule has 0 amide bonds. The van der Waals surface area contributed by atoms with Gasteiger partial charge < -0.3 is 15.5 Å². The molecule has 1 rings (SSSR count). The molecule has 5 nitrogen and oxygen atoms in total. The molecule has 0 aliphatic carbocycles. The summed E-state index contributed by atoms with van der Waals surface area (Å²) in [5.74, 6) is 0.253. The molecular formula is C8H12FN3O2. The van der Waals surface area contributed by atoms with Gasteiger partial charge in [0.1, 0.15) is 5.82 Å². The molecule has 1 aromatic rings. The number of hydrogen-bond acceptors (Lipinski definition) is 5. The van der Waals surface area contributed by atoms with Crippen molar-refractivity contribution in [2.24, 2.45) is 0 Å². The third-order valence-electron chi connectivity index (χ3n) is 1.62. The molecule has 0 saturated heterocycles. The number of nitrogens with one attached hydrogen (secondary N) is 1. The minimum Gasteiger partial charge on any atom is -0.394 e. The molecule has 0 aromatic carbocycles. The van der Waals surface area contributed by atoms with Gasteiger partial charge in [-0.05, 0) is 6.92 Å². The van der Waals surface area contributed by atoms with E-state index in [1.807, 2.05) is 0 Å². The Bertz CT molecular complexity index is 284. The maximum atomic E-state index is 12.7. The second-order valence-electron chi connectivity index (χ2n) is 2.87. The highest BCUT2D eigenvalue weighted by molar-refractivity contribution is 5.35. The predicted molar refractivity (Wildman–Crippen MR) is 48.3 cm³/mol. The highest BCUT2D eigenvalue weighted by Crippen LogP contribution is 2.06. The van der Waals surface area contributed by atoms with Gasteiger partial charge >= 0.3 is 6.08 Å². The van der Waals surface area contributed by atoms with Gasteiger partial charge in [0.25, 0.3) is 0 Å². The molecule has 1 heterocycles. The molecule has 0 radical (unpaired) electrons. The van der Waals surface area contributed by atoms with Crippen LogP contribution in [0.4, 0.5) is 10.2 Å². The second kappa shape index (κ2) is 4.83. The van der Waals surface area contributed by atoms with Gasteiger partial charge in [-0.25, -0.2) is 4.98 Å². The predicted octanol–water partition coefficient (Wildman–Crippen LogP) is -0.311. The first-order chi connectivity index (χ1) is 6.65. The van der Waals surface area contributed by atoms with E-state index in [0.29, 0.717) is 5.69 Å². The molecule has 78 valence electrons. The SMILES string of the molecule is Cc1cc(NC(CO)CO)nc(F)n1. The van der Waals surface area contributed by atoms with E-state index in [1.165, 1.54) is 6.07 Å². The number of aliphatic hydroxyl groups is 2. The van der Waals surface area contributed by atoms with E-state index in [4.69, 9.17) is 10.2 Å². The highest BCUT2D eigenvalue weighted by atomic mass is 19.1. The molecule has 0 bridgehead atoms. The molecule has 0 aliphatic heterocycles. The lowest BCUT2D eigenvalue weighted by atomic mass is 10.3. The van der Waals surface area contributed by atoms with Crippen LogP contribution in [0.25, 0.3) is 0 Å². The average molecular weight is 201 g/mol. The zero-order chi connectivity index (χ0) is 10.6. The van der Waals surface area contributed by atoms with E-state index < -0.39 is 12.1 Å². The van der Waals surface area contributed by atoms with Gasteiger partial charge in [0, 0.05) is 11.8 Å². The number of aromatic nitrogens is 2. The second-order valence-corrected chi connectivity index (χ2v) is 2.87. The smallest absolute Gasteiger partial charge is 0.310 e. The van der Waals surface area contributed by atoms with E-state index in [9.17, 15) is 4.39 Å². The third kappa shape index (κ3) is 2.90. The van der Waals surface area contributed by atoms with Crippen molar-refractivity contribution in [3.8, 4) is 0 Å². The Kier molecular flexibility index (Phi) is 3.73. The highest BCUT2D eigenvalue weighted by Gasteiger charge is 2.07. The van der Waals surface area contributed by atoms with E-state index >= 15 is 0 Å². The Hall–Kier alpha value is -1.27. The summed E-state index contributed by atoms with van der Waals surface area (Å²) in [5, 5.41) is 20.2. The number of hydrogen-bond donors (Lipinski definition) is 3. The number of nitrogens with zero attached hydrogens (tertiary/aromatic N) is 2. The summed E-state index contributed by atoms with van der Waals surface area (Å²) in [6.07, 6.45) is -0.831. The maximum Gasteiger partial charge on any atom is 0.310 e. The van der Waals surface area contributed by atoms with Crippen LogP contribution in [0, 0.1) is 13.0 Å². The minimum absolute atomic E-state index is 0.249. The number of halogens is 1. The topological polar surface area (TPSA) is 78.3 Å². The van der Waals surface area contributed by atoms with E-state index in [0.717, 1.165) is 0 Å². The van der Waals surface area contributed by atoms with E-state index in [2.05, 4.69) is 15.3 Å². The Morgan fingerprint density at radius 3 is 2.57 bits per heavy atom. The fourth-order valence-corrected chi connectivity index (χ4v) is 0.964. The van der Waals surface area contributed by atoms with E-state index in [1.54, 1.807) is 6.92 Å². The van der Waals surface area contributed by atoms with Crippen LogP contribution in [0.2, 0.25) is 0 Å². The first-order valence-electron chi connectivity index (χ1n) is 4.15. The van der Waals surface area contributed by atoms with Gasteiger partial charge in [0.15, 0.2) is 0 Å². The first-order valence-corrected chi connectivity index (χ1v) is 4.15. The van der Waals surface area contributed by atoms with E-state index in [-0.39, 0.29) is 19.0 Å². The van der Waals surface area contributed by atoms with Crippen molar-refractivity contribution in [3.05, 3.63) is 17.8 Å². The summed E-state index contributed by atoms with van der Waals surface area (Å²) in [7, 11) is 0. The summed E-state index contributed by atoms with van der Waals surface area (Å²) < 4.78 is 12.7. The van der Waals surface area contributed by atoms with Crippen LogP contribution in [0.3, 0.4) is 0 Å². The molecule has 0 atom stereocenters. The van der Waals surface area contributed by atoms with Crippen molar-refractivity contribution < 1.29 is 14.6 Å². The van der Waals surface area contributed by atoms with Crippen LogP contribution >= 0.6 is 0 Å². The molecule has 0 fully saturated rings. The number of aliphatic hydroxyl groups excluding tert-OH is 2. The van der Waals surface area contributed by atoms with Crippen molar-refractivity contribution in [2.75, 3.05) is 18.5 Å². The third-order valence-corrected chi connectivity index (χ3v) is 1.62. The molecule has 0 aliphatic rings. The van der Waals surface area contributed by atoms with Crippen LogP contribution in [-0.2, 0) is 0 Å². The number of aryl methyl sites for hydroxylation is 1. The van der Waals surface area contributed by atoms with Crippen LogP contribution in [0.15, 0.2) is 6.07 Å². The molecular weight excluding hydrogens is 189 g/mol. The standard InChI is InChI=1S/C8H12FN3O2/c1-5-2-7(12-8(9)10-5)11-6(3-13)4-14/h2,6,13-14H,3-4H2,1H3,(H,10,11,12). The average Bonchev–Trinajstić information content (AvgIpc) is 2.12. The van der Waals surface area contributed by atoms with Crippen molar-refractivity contribution in [2.45, 2.75) is 13.0 Å². The number of anilines is 1. The van der Waals surface area contributed by atoms with Gasteiger partial charge in [-0.3, -0.25) is 0 Å². The van der Waals surface area contributed by atoms with Crippen molar-refractivity contribution in [1.29, 1.82) is 0 Å². The summed E-state index contributed by atoms with van der Waals surface area (Å²) in [5.41, 5.74) is 0.481. The van der Waals surface area contributed by atoms with Crippen LogP contribution in [-0.4, -0.2) is 39.4 Å². The fraction of sp³-hybridized carbons (Fsp3) is 0.500. The summed E-state index contributed by atoms with van der Waals surface area (Å²) in [6, 6.07) is 0.991. The van der Waals surface area contributed by atoms with Gasteiger partial charge in [-0.2, -0.15) is 9.37 Å². The van der Waals surface area contributed by atoms with Crippen LogP contribution in [0.1, 0.15) is 5.69 Å². The molecule has 1 aromatic heterocycles. The molecule has 3 N–H and O–H groups in total. The normalized spacial score (nSPS) is 10.6. The van der Waals surface area contributed by atoms with Crippen molar-refractivity contribution >= 4 is 5.82 Å². The Labute approximate surface area is 80.6 Å². The molecule has 0 saturated carbocycles. The summed E-state index contributed by atoms with van der Waals surface area (Å²) >= 11 is 0. The Morgan fingerprint density at radius 2 is 2.07 bits per heavy atom. The molecule has 0 unspecified atom stereocenters. The monoisotopic (exact) mass is 201 g/mol. The first kappa shape index (κ1) is 10.8. The van der Waals surface area contributed by atoms with Crippen molar-refractivity contribution in [1.82, 2.24) is 9.97 Å². The zero-order valence-electron chi connectivity index (χ0n) is 7.74. The summed E-state index contributed by atoms with van der Waals surface area (Å²) in [4.78, 5) is 6.91. The fourth-order valence-electron chi connectivity index (χ4n) is 0.964. The van der Waals surface area contributed by atoms with Crippen LogP contribution in [0.5, 0.6) is 0 Å². The van der Waals surface area contributed by atoms with Gasteiger partial charge in [0.05, 0.1) is 19.3 Å². The lowest BCUT2D eigenvalue weighted by molar-refractivity contribution is 0.203. The number of rotatable bonds is 4. The zero-order valence-corrected chi connectivity index (χ0v) is 7.74. The van der Waals surface area contributed by atoms with Gasteiger partial charge in [-0.15, -0.1) is 0 Å². The van der Waals surface area contributed by atoms with Crippen molar-refractivity contribution in [3.63, 3.8) is 0 Å². The minimum atomic E-state index is -0.831. The molecule has 6 heteroatoms. The van der Waals surface area contributed by atoms with Gasteiger partial charge in [0.2, 0.25) is 0 Å². The van der Waals surface area contributed by atoms with Crippen LogP contribution < -0.4 is 5.32 Å². The maximum absolute atomic E-state index is 12.7. The molecule has 14 heavy (non-hydrogen) atoms. The largest absolute Gasteiger partial charge is 0.394 e. The summed E-state index contributed by atoms with van der Waals surface area (Å²) in [6.45, 7) is 1.13. The van der Waals surface area contributed by atoms with Gasteiger partial charge in [-0.1, -0.05) is 0 Å². The molecule has 0 spiro atoms. The lowest BCUT2D eigenvalue weighted by Gasteiger charge is -2.13.